The minimum atomic E-state index is 0.580. The summed E-state index contributed by atoms with van der Waals surface area (Å²) in [5.41, 5.74) is 0. The highest BCUT2D eigenvalue weighted by molar-refractivity contribution is 5.49. The van der Waals surface area contributed by atoms with Crippen LogP contribution < -0.4 is 0 Å². The zero-order chi connectivity index (χ0) is 10.3. The van der Waals surface area contributed by atoms with E-state index in [4.69, 9.17) is 0 Å². The van der Waals surface area contributed by atoms with Gasteiger partial charge in [0.1, 0.15) is 6.29 Å². The second kappa shape index (κ2) is 7.11. The van der Waals surface area contributed by atoms with E-state index in [0.717, 1.165) is 24.5 Å². The Morgan fingerprint density at radius 3 is 2.15 bits per heavy atom. The van der Waals surface area contributed by atoms with Gasteiger partial charge in [0, 0.05) is 6.42 Å². The fraction of sp³-hybridized carbons (Fsp3) is 0.917. The lowest BCUT2D eigenvalue weighted by Gasteiger charge is -2.16. The third kappa shape index (κ3) is 6.80. The predicted octanol–water partition coefficient (Wildman–Crippen LogP) is 3.67. The summed E-state index contributed by atoms with van der Waals surface area (Å²) in [5, 5.41) is 0. The van der Waals surface area contributed by atoms with Crippen molar-refractivity contribution in [3.8, 4) is 0 Å². The van der Waals surface area contributed by atoms with Crippen molar-refractivity contribution >= 4 is 6.29 Å². The minimum Gasteiger partial charge on any atom is -0.303 e. The van der Waals surface area contributed by atoms with Gasteiger partial charge in [0.15, 0.2) is 0 Å². The van der Waals surface area contributed by atoms with Gasteiger partial charge in [0.05, 0.1) is 0 Å². The molecule has 13 heavy (non-hydrogen) atoms. The predicted molar refractivity (Wildman–Crippen MR) is 57.7 cm³/mol. The van der Waals surface area contributed by atoms with Crippen molar-refractivity contribution in [1.29, 1.82) is 0 Å². The van der Waals surface area contributed by atoms with E-state index in [0.29, 0.717) is 5.92 Å². The summed E-state index contributed by atoms with van der Waals surface area (Å²) < 4.78 is 0. The first-order valence-corrected chi connectivity index (χ1v) is 5.51. The van der Waals surface area contributed by atoms with Gasteiger partial charge in [-0.2, -0.15) is 0 Å². The fourth-order valence-electron chi connectivity index (χ4n) is 1.40. The number of aldehydes is 1. The first-order valence-electron chi connectivity index (χ1n) is 5.51. The van der Waals surface area contributed by atoms with E-state index in [9.17, 15) is 4.79 Å². The Morgan fingerprint density at radius 1 is 1.08 bits per heavy atom. The molecule has 0 rings (SSSR count). The van der Waals surface area contributed by atoms with Gasteiger partial charge < -0.3 is 4.79 Å². The maximum absolute atomic E-state index is 10.2. The summed E-state index contributed by atoms with van der Waals surface area (Å²) in [7, 11) is 0. The summed E-state index contributed by atoms with van der Waals surface area (Å²) >= 11 is 0. The molecule has 0 aliphatic heterocycles. The van der Waals surface area contributed by atoms with E-state index in [1.54, 1.807) is 0 Å². The molecule has 0 saturated heterocycles. The molecule has 1 nitrogen and oxygen atoms in total. The van der Waals surface area contributed by atoms with Crippen LogP contribution in [0.15, 0.2) is 0 Å². The van der Waals surface area contributed by atoms with Crippen LogP contribution in [0.1, 0.15) is 53.4 Å². The van der Waals surface area contributed by atoms with E-state index < -0.39 is 0 Å². The van der Waals surface area contributed by atoms with Crippen LogP contribution in [0.3, 0.4) is 0 Å². The molecule has 0 amide bonds. The molecule has 0 fully saturated rings. The lowest BCUT2D eigenvalue weighted by Crippen LogP contribution is -2.04. The molecular weight excluding hydrogens is 160 g/mol. The highest BCUT2D eigenvalue weighted by Gasteiger charge is 2.07. The Kier molecular flexibility index (Phi) is 6.93. The zero-order valence-corrected chi connectivity index (χ0v) is 9.55. The second-order valence-electron chi connectivity index (χ2n) is 4.66. The van der Waals surface area contributed by atoms with Crippen LogP contribution in [-0.4, -0.2) is 6.29 Å². The van der Waals surface area contributed by atoms with Gasteiger partial charge in [-0.05, 0) is 17.8 Å². The van der Waals surface area contributed by atoms with Gasteiger partial charge in [-0.25, -0.2) is 0 Å². The third-order valence-electron chi connectivity index (χ3n) is 2.99. The average molecular weight is 184 g/mol. The van der Waals surface area contributed by atoms with Crippen LogP contribution in [0.4, 0.5) is 0 Å². The first kappa shape index (κ1) is 12.7. The summed E-state index contributed by atoms with van der Waals surface area (Å²) in [5.74, 6) is 2.20. The molecule has 0 aromatic heterocycles. The lowest BCUT2D eigenvalue weighted by atomic mass is 9.90. The van der Waals surface area contributed by atoms with E-state index in [1.807, 2.05) is 0 Å². The van der Waals surface area contributed by atoms with Crippen molar-refractivity contribution in [3.63, 3.8) is 0 Å². The Balaban J connectivity index is 3.38. The Bertz CT molecular complexity index is 129. The highest BCUT2D eigenvalue weighted by Crippen LogP contribution is 2.19. The van der Waals surface area contributed by atoms with Crippen LogP contribution in [0.2, 0.25) is 0 Å². The Hall–Kier alpha value is -0.330. The van der Waals surface area contributed by atoms with E-state index in [2.05, 4.69) is 27.7 Å². The van der Waals surface area contributed by atoms with Crippen LogP contribution in [0.5, 0.6) is 0 Å². The van der Waals surface area contributed by atoms with Gasteiger partial charge in [-0.1, -0.05) is 47.0 Å². The number of carbonyl (C=O) groups excluding carboxylic acids is 1. The van der Waals surface area contributed by atoms with Crippen molar-refractivity contribution < 1.29 is 4.79 Å². The molecule has 0 spiro atoms. The van der Waals surface area contributed by atoms with Crippen LogP contribution in [0.25, 0.3) is 0 Å². The molecule has 0 bridgehead atoms. The van der Waals surface area contributed by atoms with Crippen LogP contribution in [0, 0.1) is 17.8 Å². The van der Waals surface area contributed by atoms with Gasteiger partial charge >= 0.3 is 0 Å². The van der Waals surface area contributed by atoms with Crippen molar-refractivity contribution in [1.82, 2.24) is 0 Å². The summed E-state index contributed by atoms with van der Waals surface area (Å²) in [6.45, 7) is 9.03. The summed E-state index contributed by atoms with van der Waals surface area (Å²) in [4.78, 5) is 10.2. The minimum absolute atomic E-state index is 0.580. The normalized spacial score (nSPS) is 15.8. The smallest absolute Gasteiger partial charge is 0.120 e. The molecular formula is C12H24O. The Morgan fingerprint density at radius 2 is 1.69 bits per heavy atom. The summed E-state index contributed by atoms with van der Waals surface area (Å²) in [6, 6.07) is 0. The topological polar surface area (TPSA) is 17.1 Å². The van der Waals surface area contributed by atoms with Crippen LogP contribution >= 0.6 is 0 Å². The molecule has 1 heteroatoms. The van der Waals surface area contributed by atoms with Gasteiger partial charge in [0.25, 0.3) is 0 Å². The maximum atomic E-state index is 10.2. The van der Waals surface area contributed by atoms with Crippen molar-refractivity contribution in [3.05, 3.63) is 0 Å². The van der Waals surface area contributed by atoms with E-state index in [1.165, 1.54) is 19.3 Å². The first-order chi connectivity index (χ1) is 6.07. The molecule has 0 saturated carbocycles. The molecule has 2 atom stereocenters. The quantitative estimate of drug-likeness (QED) is 0.552. The van der Waals surface area contributed by atoms with Gasteiger partial charge in [-0.3, -0.25) is 0 Å². The monoisotopic (exact) mass is 184 g/mol. The summed E-state index contributed by atoms with van der Waals surface area (Å²) in [6.07, 6.45) is 5.55. The van der Waals surface area contributed by atoms with E-state index in [-0.39, 0.29) is 0 Å². The molecule has 2 unspecified atom stereocenters. The van der Waals surface area contributed by atoms with Crippen molar-refractivity contribution in [2.24, 2.45) is 17.8 Å². The van der Waals surface area contributed by atoms with E-state index >= 15 is 0 Å². The SMILES string of the molecule is CC(CC=O)CCCC(C)C(C)C. The Labute approximate surface area is 82.9 Å². The molecule has 0 aliphatic rings. The molecule has 0 aliphatic carbocycles. The molecule has 0 aromatic rings. The molecule has 78 valence electrons. The van der Waals surface area contributed by atoms with Gasteiger partial charge in [-0.15, -0.1) is 0 Å². The zero-order valence-electron chi connectivity index (χ0n) is 9.55. The van der Waals surface area contributed by atoms with Crippen molar-refractivity contribution in [2.75, 3.05) is 0 Å². The van der Waals surface area contributed by atoms with Crippen molar-refractivity contribution in [2.45, 2.75) is 53.4 Å². The van der Waals surface area contributed by atoms with Gasteiger partial charge in [0.2, 0.25) is 0 Å². The number of rotatable bonds is 7. The fourth-order valence-corrected chi connectivity index (χ4v) is 1.40. The largest absolute Gasteiger partial charge is 0.303 e. The molecule has 0 radical (unpaired) electrons. The molecule has 0 aromatic carbocycles. The molecule has 0 heterocycles. The maximum Gasteiger partial charge on any atom is 0.120 e. The number of hydrogen-bond acceptors (Lipinski definition) is 1. The third-order valence-corrected chi connectivity index (χ3v) is 2.99. The molecule has 0 N–H and O–H groups in total. The lowest BCUT2D eigenvalue weighted by molar-refractivity contribution is -0.108. The number of carbonyl (C=O) groups is 1. The highest BCUT2D eigenvalue weighted by atomic mass is 16.1. The van der Waals surface area contributed by atoms with Crippen LogP contribution in [-0.2, 0) is 4.79 Å². The number of hydrogen-bond donors (Lipinski definition) is 0. The average Bonchev–Trinajstić information content (AvgIpc) is 2.04. The second-order valence-corrected chi connectivity index (χ2v) is 4.66. The standard InChI is InChI=1S/C12H24O/c1-10(2)12(4)7-5-6-11(3)8-9-13/h9-12H,5-8H2,1-4H3.